The van der Waals surface area contributed by atoms with Crippen molar-refractivity contribution in [3.05, 3.63) is 35.9 Å². The van der Waals surface area contributed by atoms with Gasteiger partial charge in [-0.05, 0) is 12.5 Å². The fourth-order valence-corrected chi connectivity index (χ4v) is 2.25. The Hall–Kier alpha value is -1.59. The maximum Gasteiger partial charge on any atom is 0.242 e. The van der Waals surface area contributed by atoms with Gasteiger partial charge in [-0.15, -0.1) is 12.4 Å². The number of hydrogen-bond donors (Lipinski definition) is 2. The number of nitrogens with two attached hydrogens (primary N) is 1. The van der Waals surface area contributed by atoms with E-state index in [2.05, 4.69) is 5.32 Å². The van der Waals surface area contributed by atoms with E-state index in [0.717, 1.165) is 5.56 Å². The Morgan fingerprint density at radius 1 is 1.45 bits per heavy atom. The lowest BCUT2D eigenvalue weighted by molar-refractivity contribution is -0.142. The van der Waals surface area contributed by atoms with Crippen LogP contribution < -0.4 is 11.1 Å². The Morgan fingerprint density at radius 3 is 2.75 bits per heavy atom. The monoisotopic (exact) mass is 297 g/mol. The first kappa shape index (κ1) is 16.5. The van der Waals surface area contributed by atoms with Gasteiger partial charge in [0.15, 0.2) is 0 Å². The number of hydrogen-bond acceptors (Lipinski definition) is 3. The number of benzene rings is 1. The highest BCUT2D eigenvalue weighted by Gasteiger charge is 2.29. The molecule has 1 saturated heterocycles. The highest BCUT2D eigenvalue weighted by Crippen LogP contribution is 2.16. The average Bonchev–Trinajstić information content (AvgIpc) is 2.42. The summed E-state index contributed by atoms with van der Waals surface area (Å²) in [4.78, 5) is 25.3. The van der Waals surface area contributed by atoms with E-state index >= 15 is 0 Å². The van der Waals surface area contributed by atoms with Gasteiger partial charge in [0.25, 0.3) is 0 Å². The number of rotatable bonds is 3. The van der Waals surface area contributed by atoms with Crippen LogP contribution in [-0.4, -0.2) is 35.8 Å². The minimum Gasteiger partial charge on any atom is -0.353 e. The summed E-state index contributed by atoms with van der Waals surface area (Å²) in [6.45, 7) is 2.79. The zero-order valence-electron chi connectivity index (χ0n) is 11.4. The van der Waals surface area contributed by atoms with Gasteiger partial charge in [-0.3, -0.25) is 9.59 Å². The summed E-state index contributed by atoms with van der Waals surface area (Å²) in [5.41, 5.74) is 6.97. The maximum absolute atomic E-state index is 12.2. The van der Waals surface area contributed by atoms with Crippen LogP contribution in [0.2, 0.25) is 0 Å². The molecule has 1 fully saturated rings. The fourth-order valence-electron chi connectivity index (χ4n) is 2.25. The molecule has 0 radical (unpaired) electrons. The van der Waals surface area contributed by atoms with Gasteiger partial charge in [-0.1, -0.05) is 30.3 Å². The molecule has 3 N–H and O–H groups in total. The van der Waals surface area contributed by atoms with Crippen LogP contribution in [0.25, 0.3) is 0 Å². The lowest BCUT2D eigenvalue weighted by atomic mass is 10.0. The van der Waals surface area contributed by atoms with Crippen LogP contribution in [0.5, 0.6) is 0 Å². The van der Waals surface area contributed by atoms with Crippen LogP contribution in [0, 0.1) is 0 Å². The van der Waals surface area contributed by atoms with Gasteiger partial charge >= 0.3 is 0 Å². The summed E-state index contributed by atoms with van der Waals surface area (Å²) >= 11 is 0. The smallest absolute Gasteiger partial charge is 0.242 e. The number of halogens is 1. The molecule has 0 bridgehead atoms. The Morgan fingerprint density at radius 2 is 2.10 bits per heavy atom. The van der Waals surface area contributed by atoms with Crippen LogP contribution >= 0.6 is 12.4 Å². The number of amides is 2. The van der Waals surface area contributed by atoms with Crippen molar-refractivity contribution >= 4 is 24.2 Å². The molecule has 1 aliphatic heterocycles. The fraction of sp³-hybridized carbons (Fsp3) is 0.429. The van der Waals surface area contributed by atoms with Crippen molar-refractivity contribution in [1.29, 1.82) is 0 Å². The van der Waals surface area contributed by atoms with E-state index in [9.17, 15) is 9.59 Å². The minimum absolute atomic E-state index is 0. The van der Waals surface area contributed by atoms with Crippen molar-refractivity contribution in [2.75, 3.05) is 13.1 Å². The largest absolute Gasteiger partial charge is 0.353 e. The quantitative estimate of drug-likeness (QED) is 0.868. The minimum atomic E-state index is -0.413. The van der Waals surface area contributed by atoms with E-state index in [1.54, 1.807) is 11.8 Å². The third kappa shape index (κ3) is 3.71. The molecule has 1 aromatic carbocycles. The Bertz CT molecular complexity index is 467. The molecule has 1 aromatic rings. The van der Waals surface area contributed by atoms with E-state index in [4.69, 9.17) is 5.73 Å². The SMILES string of the molecule is CC1C(=O)NCCN1C(=O)CC(N)c1ccccc1.Cl. The average molecular weight is 298 g/mol. The van der Waals surface area contributed by atoms with Gasteiger partial charge in [0.2, 0.25) is 11.8 Å². The van der Waals surface area contributed by atoms with Gasteiger partial charge in [0.1, 0.15) is 6.04 Å². The lowest BCUT2D eigenvalue weighted by Crippen LogP contribution is -2.56. The molecule has 0 saturated carbocycles. The Labute approximate surface area is 124 Å². The first-order chi connectivity index (χ1) is 9.09. The number of carbonyl (C=O) groups is 2. The second-order valence-corrected chi connectivity index (χ2v) is 4.78. The standard InChI is InChI=1S/C14H19N3O2.ClH/c1-10-14(19)16-7-8-17(10)13(18)9-12(15)11-5-3-2-4-6-11;/h2-6,10,12H,7-9,15H2,1H3,(H,16,19);1H. The molecular weight excluding hydrogens is 278 g/mol. The van der Waals surface area contributed by atoms with Crippen molar-refractivity contribution in [2.45, 2.75) is 25.4 Å². The molecule has 1 heterocycles. The van der Waals surface area contributed by atoms with Crippen LogP contribution in [0.4, 0.5) is 0 Å². The van der Waals surface area contributed by atoms with Gasteiger partial charge in [-0.2, -0.15) is 0 Å². The Kier molecular flexibility index (Phi) is 5.98. The van der Waals surface area contributed by atoms with Crippen molar-refractivity contribution in [3.63, 3.8) is 0 Å². The van der Waals surface area contributed by atoms with Crippen molar-refractivity contribution in [3.8, 4) is 0 Å². The molecule has 20 heavy (non-hydrogen) atoms. The first-order valence-electron chi connectivity index (χ1n) is 6.47. The molecule has 0 spiro atoms. The molecule has 5 nitrogen and oxygen atoms in total. The molecule has 0 aliphatic carbocycles. The van der Waals surface area contributed by atoms with Gasteiger partial charge in [0.05, 0.1) is 0 Å². The molecule has 2 unspecified atom stereocenters. The summed E-state index contributed by atoms with van der Waals surface area (Å²) in [6, 6.07) is 8.78. The first-order valence-corrected chi connectivity index (χ1v) is 6.47. The highest BCUT2D eigenvalue weighted by atomic mass is 35.5. The van der Waals surface area contributed by atoms with E-state index in [-0.39, 0.29) is 36.7 Å². The van der Waals surface area contributed by atoms with E-state index in [1.165, 1.54) is 0 Å². The summed E-state index contributed by atoms with van der Waals surface area (Å²) < 4.78 is 0. The maximum atomic E-state index is 12.2. The third-order valence-corrected chi connectivity index (χ3v) is 3.44. The van der Waals surface area contributed by atoms with Crippen LogP contribution in [0.15, 0.2) is 30.3 Å². The van der Waals surface area contributed by atoms with E-state index in [1.807, 2.05) is 30.3 Å². The number of carbonyl (C=O) groups excluding carboxylic acids is 2. The zero-order valence-corrected chi connectivity index (χ0v) is 12.2. The van der Waals surface area contributed by atoms with Crippen molar-refractivity contribution in [2.24, 2.45) is 5.73 Å². The number of nitrogens with one attached hydrogen (secondary N) is 1. The number of nitrogens with zero attached hydrogens (tertiary/aromatic N) is 1. The summed E-state index contributed by atoms with van der Waals surface area (Å²) in [5, 5.41) is 2.74. The van der Waals surface area contributed by atoms with E-state index in [0.29, 0.717) is 13.1 Å². The molecule has 1 aliphatic rings. The normalized spacial score (nSPS) is 19.8. The second kappa shape index (κ2) is 7.26. The topological polar surface area (TPSA) is 75.4 Å². The van der Waals surface area contributed by atoms with Crippen LogP contribution in [-0.2, 0) is 9.59 Å². The molecule has 0 aromatic heterocycles. The molecule has 2 amide bonds. The molecule has 2 rings (SSSR count). The van der Waals surface area contributed by atoms with Gasteiger partial charge in [0, 0.05) is 25.6 Å². The van der Waals surface area contributed by atoms with Crippen molar-refractivity contribution < 1.29 is 9.59 Å². The van der Waals surface area contributed by atoms with Crippen molar-refractivity contribution in [1.82, 2.24) is 10.2 Å². The zero-order chi connectivity index (χ0) is 13.8. The molecule has 110 valence electrons. The summed E-state index contributed by atoms with van der Waals surface area (Å²) in [7, 11) is 0. The second-order valence-electron chi connectivity index (χ2n) is 4.78. The summed E-state index contributed by atoms with van der Waals surface area (Å²) in [6.07, 6.45) is 0.224. The lowest BCUT2D eigenvalue weighted by Gasteiger charge is -2.33. The predicted octanol–water partition coefficient (Wildman–Crippen LogP) is 0.845. The molecular formula is C14H20ClN3O2. The van der Waals surface area contributed by atoms with Gasteiger partial charge in [-0.25, -0.2) is 0 Å². The third-order valence-electron chi connectivity index (χ3n) is 3.44. The molecule has 6 heteroatoms. The summed E-state index contributed by atoms with van der Waals surface area (Å²) in [5.74, 6) is -0.174. The number of piperazine rings is 1. The van der Waals surface area contributed by atoms with E-state index < -0.39 is 6.04 Å². The van der Waals surface area contributed by atoms with Crippen LogP contribution in [0.3, 0.4) is 0 Å². The predicted molar refractivity (Wildman–Crippen MR) is 79.4 cm³/mol. The highest BCUT2D eigenvalue weighted by molar-refractivity contribution is 5.88. The van der Waals surface area contributed by atoms with Crippen LogP contribution in [0.1, 0.15) is 24.9 Å². The molecule has 2 atom stereocenters. The van der Waals surface area contributed by atoms with Gasteiger partial charge < -0.3 is 16.0 Å². The Balaban J connectivity index is 0.00000200.